The van der Waals surface area contributed by atoms with Crippen molar-refractivity contribution >= 4 is 11.8 Å². The van der Waals surface area contributed by atoms with Gasteiger partial charge in [-0.05, 0) is 27.2 Å². The molecule has 132 valence electrons. The lowest BCUT2D eigenvalue weighted by atomic mass is 10.1. The van der Waals surface area contributed by atoms with Crippen molar-refractivity contribution in [3.8, 4) is 11.4 Å². The van der Waals surface area contributed by atoms with Crippen LogP contribution in [0.25, 0.3) is 11.4 Å². The highest BCUT2D eigenvalue weighted by Crippen LogP contribution is 2.26. The number of hydrogen-bond acceptors (Lipinski definition) is 5. The Balaban J connectivity index is 1.70. The van der Waals surface area contributed by atoms with E-state index in [0.717, 1.165) is 29.4 Å². The summed E-state index contributed by atoms with van der Waals surface area (Å²) in [4.78, 5) is 9.20. The van der Waals surface area contributed by atoms with Crippen LogP contribution in [-0.2, 0) is 12.3 Å². The summed E-state index contributed by atoms with van der Waals surface area (Å²) in [7, 11) is 0. The van der Waals surface area contributed by atoms with Crippen molar-refractivity contribution in [2.24, 2.45) is 0 Å². The van der Waals surface area contributed by atoms with Crippen LogP contribution in [-0.4, -0.2) is 19.7 Å². The molecule has 0 fully saturated rings. The number of benzene rings is 1. The van der Waals surface area contributed by atoms with E-state index in [1.165, 1.54) is 17.7 Å². The fourth-order valence-corrected chi connectivity index (χ4v) is 3.53. The van der Waals surface area contributed by atoms with Crippen molar-refractivity contribution in [1.82, 2.24) is 19.7 Å². The predicted octanol–water partition coefficient (Wildman–Crippen LogP) is 4.95. The van der Waals surface area contributed by atoms with E-state index in [2.05, 4.69) is 59.5 Å². The number of unbranched alkanes of at least 4 members (excludes halogenated alkanes) is 1. The van der Waals surface area contributed by atoms with Crippen LogP contribution in [0.5, 0.6) is 0 Å². The molecule has 0 N–H and O–H groups in total. The SMILES string of the molecule is CCCCn1c(SCc2nc(-c3ccc(C)cc3)no2)nc(C)c1C. The molecule has 0 bridgehead atoms. The number of aryl methyl sites for hydroxylation is 2. The van der Waals surface area contributed by atoms with Crippen LogP contribution in [0.4, 0.5) is 0 Å². The Morgan fingerprint density at radius 2 is 1.84 bits per heavy atom. The highest BCUT2D eigenvalue weighted by atomic mass is 32.2. The standard InChI is InChI=1S/C19H24N4OS/c1-5-6-11-23-15(4)14(3)20-19(23)25-12-17-21-18(22-24-17)16-9-7-13(2)8-10-16/h7-10H,5-6,11-12H2,1-4H3. The van der Waals surface area contributed by atoms with Crippen molar-refractivity contribution in [2.75, 3.05) is 0 Å². The number of thioether (sulfide) groups is 1. The molecule has 2 aromatic heterocycles. The summed E-state index contributed by atoms with van der Waals surface area (Å²) in [6.07, 6.45) is 2.33. The van der Waals surface area contributed by atoms with Gasteiger partial charge in [0.2, 0.25) is 11.7 Å². The molecular weight excluding hydrogens is 332 g/mol. The quantitative estimate of drug-likeness (QED) is 0.561. The normalized spacial score (nSPS) is 11.2. The van der Waals surface area contributed by atoms with E-state index < -0.39 is 0 Å². The summed E-state index contributed by atoms with van der Waals surface area (Å²) in [5.74, 6) is 1.89. The van der Waals surface area contributed by atoms with Gasteiger partial charge in [0.25, 0.3) is 0 Å². The minimum atomic E-state index is 0.626. The predicted molar refractivity (Wildman–Crippen MR) is 101 cm³/mol. The second-order valence-electron chi connectivity index (χ2n) is 6.24. The van der Waals surface area contributed by atoms with Crippen molar-refractivity contribution in [2.45, 2.75) is 58.0 Å². The highest BCUT2D eigenvalue weighted by molar-refractivity contribution is 7.98. The molecule has 0 aliphatic rings. The molecule has 0 radical (unpaired) electrons. The first kappa shape index (κ1) is 17.7. The minimum Gasteiger partial charge on any atom is -0.338 e. The van der Waals surface area contributed by atoms with Crippen molar-refractivity contribution in [1.29, 1.82) is 0 Å². The van der Waals surface area contributed by atoms with Crippen LogP contribution in [0.2, 0.25) is 0 Å². The van der Waals surface area contributed by atoms with Gasteiger partial charge in [0.1, 0.15) is 0 Å². The van der Waals surface area contributed by atoms with Crippen molar-refractivity contribution in [3.05, 3.63) is 47.1 Å². The summed E-state index contributed by atoms with van der Waals surface area (Å²) < 4.78 is 7.70. The van der Waals surface area contributed by atoms with E-state index in [1.807, 2.05) is 12.1 Å². The zero-order chi connectivity index (χ0) is 17.8. The smallest absolute Gasteiger partial charge is 0.237 e. The van der Waals surface area contributed by atoms with E-state index in [-0.39, 0.29) is 0 Å². The fraction of sp³-hybridized carbons (Fsp3) is 0.421. The summed E-state index contributed by atoms with van der Waals surface area (Å²) in [6.45, 7) is 9.46. The van der Waals surface area contributed by atoms with E-state index in [0.29, 0.717) is 17.5 Å². The lowest BCUT2D eigenvalue weighted by Gasteiger charge is -2.08. The summed E-state index contributed by atoms with van der Waals surface area (Å²) in [6, 6.07) is 8.13. The van der Waals surface area contributed by atoms with Gasteiger partial charge in [-0.15, -0.1) is 0 Å². The summed E-state index contributed by atoms with van der Waals surface area (Å²) >= 11 is 1.65. The van der Waals surface area contributed by atoms with Gasteiger partial charge >= 0.3 is 0 Å². The molecule has 0 spiro atoms. The number of nitrogens with zero attached hydrogens (tertiary/aromatic N) is 4. The highest BCUT2D eigenvalue weighted by Gasteiger charge is 2.14. The molecule has 5 nitrogen and oxygen atoms in total. The monoisotopic (exact) mass is 356 g/mol. The van der Waals surface area contributed by atoms with Crippen LogP contribution in [0.3, 0.4) is 0 Å². The van der Waals surface area contributed by atoms with E-state index in [1.54, 1.807) is 11.8 Å². The number of imidazole rings is 1. The van der Waals surface area contributed by atoms with Gasteiger partial charge in [0.15, 0.2) is 5.16 Å². The molecule has 3 aromatic rings. The largest absolute Gasteiger partial charge is 0.338 e. The molecule has 3 rings (SSSR count). The molecule has 0 aliphatic carbocycles. The minimum absolute atomic E-state index is 0.626. The first-order valence-corrected chi connectivity index (χ1v) is 9.63. The average Bonchev–Trinajstić information content (AvgIpc) is 3.18. The van der Waals surface area contributed by atoms with Gasteiger partial charge in [-0.3, -0.25) is 0 Å². The fourth-order valence-electron chi connectivity index (χ4n) is 2.57. The third-order valence-electron chi connectivity index (χ3n) is 4.26. The average molecular weight is 356 g/mol. The Morgan fingerprint density at radius 3 is 2.56 bits per heavy atom. The number of aromatic nitrogens is 4. The van der Waals surface area contributed by atoms with Gasteiger partial charge in [0.05, 0.1) is 11.4 Å². The topological polar surface area (TPSA) is 56.7 Å². The molecule has 6 heteroatoms. The molecular formula is C19H24N4OS. The molecule has 0 aliphatic heterocycles. The van der Waals surface area contributed by atoms with Crippen molar-refractivity contribution in [3.63, 3.8) is 0 Å². The third kappa shape index (κ3) is 4.12. The Labute approximate surface area is 152 Å². The summed E-state index contributed by atoms with van der Waals surface area (Å²) in [5.41, 5.74) is 4.51. The van der Waals surface area contributed by atoms with Crippen LogP contribution in [0, 0.1) is 20.8 Å². The molecule has 2 heterocycles. The summed E-state index contributed by atoms with van der Waals surface area (Å²) in [5, 5.41) is 5.12. The molecule has 0 unspecified atom stereocenters. The van der Waals surface area contributed by atoms with Crippen LogP contribution in [0.15, 0.2) is 33.9 Å². The van der Waals surface area contributed by atoms with E-state index in [9.17, 15) is 0 Å². The lowest BCUT2D eigenvalue weighted by molar-refractivity contribution is 0.391. The Hall–Kier alpha value is -2.08. The number of hydrogen-bond donors (Lipinski definition) is 0. The molecule has 0 saturated carbocycles. The van der Waals surface area contributed by atoms with Gasteiger partial charge in [-0.25, -0.2) is 4.98 Å². The first-order valence-electron chi connectivity index (χ1n) is 8.64. The molecule has 0 saturated heterocycles. The molecule has 0 amide bonds. The van der Waals surface area contributed by atoms with Crippen LogP contribution in [0.1, 0.15) is 42.6 Å². The molecule has 25 heavy (non-hydrogen) atoms. The first-order chi connectivity index (χ1) is 12.1. The number of rotatable bonds is 7. The van der Waals surface area contributed by atoms with Crippen LogP contribution >= 0.6 is 11.8 Å². The Bertz CT molecular complexity index is 836. The van der Waals surface area contributed by atoms with Gasteiger partial charge in [0, 0.05) is 17.8 Å². The van der Waals surface area contributed by atoms with Gasteiger partial charge < -0.3 is 9.09 Å². The van der Waals surface area contributed by atoms with Crippen molar-refractivity contribution < 1.29 is 4.52 Å². The second kappa shape index (κ2) is 7.87. The van der Waals surface area contributed by atoms with E-state index >= 15 is 0 Å². The zero-order valence-corrected chi connectivity index (χ0v) is 16.1. The van der Waals surface area contributed by atoms with Gasteiger partial charge in [-0.1, -0.05) is 60.1 Å². The van der Waals surface area contributed by atoms with Gasteiger partial charge in [-0.2, -0.15) is 4.98 Å². The Morgan fingerprint density at radius 1 is 1.08 bits per heavy atom. The maximum Gasteiger partial charge on any atom is 0.237 e. The molecule has 0 atom stereocenters. The Kier molecular flexibility index (Phi) is 5.58. The second-order valence-corrected chi connectivity index (χ2v) is 7.18. The zero-order valence-electron chi connectivity index (χ0n) is 15.2. The maximum absolute atomic E-state index is 5.41. The molecule has 1 aromatic carbocycles. The van der Waals surface area contributed by atoms with E-state index in [4.69, 9.17) is 4.52 Å². The van der Waals surface area contributed by atoms with Crippen LogP contribution < -0.4 is 0 Å². The maximum atomic E-state index is 5.41. The lowest BCUT2D eigenvalue weighted by Crippen LogP contribution is -2.02. The third-order valence-corrected chi connectivity index (χ3v) is 5.22.